The molecule has 1 aliphatic heterocycles. The fourth-order valence-electron chi connectivity index (χ4n) is 4.27. The molecule has 1 saturated heterocycles. The number of hydrogen-bond acceptors (Lipinski definition) is 13. The quantitative estimate of drug-likeness (QED) is 0.0996. The predicted molar refractivity (Wildman–Crippen MR) is 196 cm³/mol. The van der Waals surface area contributed by atoms with Gasteiger partial charge in [0.2, 0.25) is 11.8 Å². The van der Waals surface area contributed by atoms with Crippen LogP contribution < -0.4 is 0 Å². The summed E-state index contributed by atoms with van der Waals surface area (Å²) in [5.74, 6) is -4.22. The first-order valence-electron chi connectivity index (χ1n) is 17.3. The molecule has 2 amide bonds. The van der Waals surface area contributed by atoms with Gasteiger partial charge in [-0.15, -0.1) is 0 Å². The molecule has 316 valence electrons. The summed E-state index contributed by atoms with van der Waals surface area (Å²) >= 11 is 0. The molecule has 0 radical (unpaired) electrons. The number of carbonyl (C=O) groups is 8. The van der Waals surface area contributed by atoms with Gasteiger partial charge in [0.25, 0.3) is 17.9 Å². The Balaban J connectivity index is -0.000000358. The largest absolute Gasteiger partial charge is 0.481 e. The van der Waals surface area contributed by atoms with E-state index in [2.05, 4.69) is 4.74 Å². The first-order chi connectivity index (χ1) is 24.5. The van der Waals surface area contributed by atoms with Crippen LogP contribution in [0, 0.1) is 22.7 Å². The number of carbonyl (C=O) groups excluding carboxylic acids is 5. The van der Waals surface area contributed by atoms with Crippen LogP contribution in [0.5, 0.6) is 0 Å². The Hall–Kier alpha value is -4.32. The second-order valence-electron chi connectivity index (χ2n) is 13.7. The minimum Gasteiger partial charge on any atom is -0.481 e. The van der Waals surface area contributed by atoms with Crippen molar-refractivity contribution in [2.75, 3.05) is 54.6 Å². The number of hydrogen-bond donors (Lipinski definition) is 4. The molecule has 0 aromatic heterocycles. The van der Waals surface area contributed by atoms with Gasteiger partial charge in [0.15, 0.2) is 0 Å². The number of carboxylic acids is 3. The van der Waals surface area contributed by atoms with Crippen molar-refractivity contribution in [2.45, 2.75) is 107 Å². The zero-order valence-corrected chi connectivity index (χ0v) is 34.5. The second-order valence-corrected chi connectivity index (χ2v) is 13.7. The summed E-state index contributed by atoms with van der Waals surface area (Å²) in [7, 11) is 6.80. The Kier molecular flexibility index (Phi) is 30.4. The van der Waals surface area contributed by atoms with Crippen LogP contribution in [0.1, 0.15) is 94.9 Å². The summed E-state index contributed by atoms with van der Waals surface area (Å²) in [6, 6.07) is 0. The maximum absolute atomic E-state index is 12.3. The molecule has 54 heavy (non-hydrogen) atoms. The van der Waals surface area contributed by atoms with Gasteiger partial charge in [0, 0.05) is 67.7 Å². The highest BCUT2D eigenvalue weighted by molar-refractivity contribution is 5.81. The molecule has 4 N–H and O–H groups in total. The summed E-state index contributed by atoms with van der Waals surface area (Å²) in [5, 5.41) is 31.9. The Morgan fingerprint density at radius 3 is 1.22 bits per heavy atom. The molecule has 0 aliphatic carbocycles. The lowest BCUT2D eigenvalue weighted by molar-refractivity contribution is -0.162. The molecule has 0 spiro atoms. The van der Waals surface area contributed by atoms with E-state index < -0.39 is 46.8 Å². The molecule has 0 bridgehead atoms. The monoisotopic (exact) mass is 782 g/mol. The molecular formula is C36H66N2O16. The van der Waals surface area contributed by atoms with Gasteiger partial charge in [-0.2, -0.15) is 0 Å². The normalized spacial score (nSPS) is 16.0. The van der Waals surface area contributed by atoms with E-state index in [1.807, 2.05) is 27.7 Å². The van der Waals surface area contributed by atoms with Crippen LogP contribution in [0.2, 0.25) is 0 Å². The van der Waals surface area contributed by atoms with Gasteiger partial charge < -0.3 is 49.2 Å². The Labute approximate surface area is 319 Å². The van der Waals surface area contributed by atoms with Crippen molar-refractivity contribution in [2.24, 2.45) is 22.7 Å². The van der Waals surface area contributed by atoms with Gasteiger partial charge in [-0.1, -0.05) is 27.7 Å². The van der Waals surface area contributed by atoms with E-state index in [-0.39, 0.29) is 48.9 Å². The zero-order chi connectivity index (χ0) is 43.6. The average molecular weight is 783 g/mol. The Morgan fingerprint density at radius 1 is 0.667 bits per heavy atom. The number of amides is 2. The van der Waals surface area contributed by atoms with E-state index in [1.165, 1.54) is 11.8 Å². The van der Waals surface area contributed by atoms with Gasteiger partial charge >= 0.3 is 17.9 Å². The van der Waals surface area contributed by atoms with Crippen molar-refractivity contribution in [3.05, 3.63) is 0 Å². The number of aliphatic carboxylic acids is 3. The molecule has 6 atom stereocenters. The fraction of sp³-hybridized carbons (Fsp3) is 0.778. The third kappa shape index (κ3) is 31.2. The molecule has 1 fully saturated rings. The molecule has 18 heteroatoms. The number of rotatable bonds is 16. The summed E-state index contributed by atoms with van der Waals surface area (Å²) in [4.78, 5) is 89.0. The van der Waals surface area contributed by atoms with Crippen molar-refractivity contribution >= 4 is 47.6 Å². The van der Waals surface area contributed by atoms with E-state index >= 15 is 0 Å². The standard InChI is InChI=1S/C16H29NO6.C14H25NO4.3C2H4O2/c1-7-16(4,8-11(2)14(20)17(5)6)15(21)23-10-13(19)9-22-12(3)18;1-6-14(3,7-10(2)12(16)15(4)5)13(17)19-9-11-8-18-11;3*1-2(3)4/h11,13,19H,7-10H2,1-6H3;10-11H,6-9H2,1-5H3;3*1H3,(H,3,4). The predicted octanol–water partition coefficient (Wildman–Crippen LogP) is 2.72. The summed E-state index contributed by atoms with van der Waals surface area (Å²) < 4.78 is 20.1. The van der Waals surface area contributed by atoms with Gasteiger partial charge in [0.1, 0.15) is 32.0 Å². The summed E-state index contributed by atoms with van der Waals surface area (Å²) in [6.45, 7) is 16.0. The van der Waals surface area contributed by atoms with E-state index in [9.17, 15) is 29.1 Å². The fourth-order valence-corrected chi connectivity index (χ4v) is 4.27. The van der Waals surface area contributed by atoms with Gasteiger partial charge in [0.05, 0.1) is 17.4 Å². The molecular weight excluding hydrogens is 716 g/mol. The second kappa shape index (κ2) is 29.1. The maximum Gasteiger partial charge on any atom is 0.311 e. The third-order valence-electron chi connectivity index (χ3n) is 7.47. The minimum absolute atomic E-state index is 0.0398. The van der Waals surface area contributed by atoms with E-state index in [1.54, 1.807) is 46.9 Å². The molecule has 6 unspecified atom stereocenters. The van der Waals surface area contributed by atoms with E-state index in [0.717, 1.165) is 20.8 Å². The zero-order valence-electron chi connectivity index (χ0n) is 34.5. The highest BCUT2D eigenvalue weighted by atomic mass is 16.6. The molecule has 18 nitrogen and oxygen atoms in total. The number of nitrogens with zero attached hydrogens (tertiary/aromatic N) is 2. The van der Waals surface area contributed by atoms with Crippen LogP contribution in [-0.4, -0.2) is 145 Å². The van der Waals surface area contributed by atoms with Crippen LogP contribution in [0.3, 0.4) is 0 Å². The number of carboxylic acid groups (broad SMARTS) is 3. The van der Waals surface area contributed by atoms with Crippen LogP contribution in [-0.2, 0) is 57.3 Å². The van der Waals surface area contributed by atoms with Gasteiger partial charge in [-0.3, -0.25) is 38.4 Å². The molecule has 0 aromatic carbocycles. The van der Waals surface area contributed by atoms with Crippen molar-refractivity contribution in [3.63, 3.8) is 0 Å². The van der Waals surface area contributed by atoms with Crippen LogP contribution >= 0.6 is 0 Å². The number of epoxide rings is 1. The van der Waals surface area contributed by atoms with Crippen molar-refractivity contribution in [3.8, 4) is 0 Å². The number of aliphatic hydroxyl groups is 1. The highest BCUT2D eigenvalue weighted by Gasteiger charge is 2.38. The lowest BCUT2D eigenvalue weighted by atomic mass is 9.79. The topological polar surface area (TPSA) is 264 Å². The number of esters is 3. The van der Waals surface area contributed by atoms with Gasteiger partial charge in [-0.25, -0.2) is 0 Å². The first kappa shape index (κ1) is 56.4. The van der Waals surface area contributed by atoms with Crippen LogP contribution in [0.25, 0.3) is 0 Å². The summed E-state index contributed by atoms with van der Waals surface area (Å²) in [5.41, 5.74) is -1.42. The van der Waals surface area contributed by atoms with E-state index in [0.29, 0.717) is 38.9 Å². The van der Waals surface area contributed by atoms with Crippen molar-refractivity contribution in [1.29, 1.82) is 0 Å². The van der Waals surface area contributed by atoms with Crippen molar-refractivity contribution < 1.29 is 77.7 Å². The average Bonchev–Trinajstić information content (AvgIpc) is 3.88. The van der Waals surface area contributed by atoms with Gasteiger partial charge in [-0.05, 0) is 39.5 Å². The van der Waals surface area contributed by atoms with Crippen LogP contribution in [0.15, 0.2) is 0 Å². The van der Waals surface area contributed by atoms with Crippen LogP contribution in [0.4, 0.5) is 0 Å². The highest BCUT2D eigenvalue weighted by Crippen LogP contribution is 2.33. The lowest BCUT2D eigenvalue weighted by Gasteiger charge is -2.29. The third-order valence-corrected chi connectivity index (χ3v) is 7.47. The Bertz CT molecular complexity index is 1150. The molecule has 1 rings (SSSR count). The summed E-state index contributed by atoms with van der Waals surface area (Å²) in [6.07, 6.45) is 1.04. The maximum atomic E-state index is 12.3. The molecule has 0 saturated carbocycles. The first-order valence-corrected chi connectivity index (χ1v) is 17.3. The van der Waals surface area contributed by atoms with Crippen molar-refractivity contribution in [1.82, 2.24) is 9.80 Å². The molecule has 0 aromatic rings. The minimum atomic E-state index is -1.07. The Morgan fingerprint density at radius 2 is 0.963 bits per heavy atom. The smallest absolute Gasteiger partial charge is 0.311 e. The lowest BCUT2D eigenvalue weighted by Crippen LogP contribution is -2.37. The molecule has 1 aliphatic rings. The van der Waals surface area contributed by atoms with E-state index in [4.69, 9.17) is 43.9 Å². The number of aliphatic hydroxyl groups excluding tert-OH is 1. The SMILES string of the molecule is CC(=O)O.CC(=O)O.CC(=O)O.CCC(C)(CC(C)C(=O)N(C)C)C(=O)OCC(O)COC(C)=O.CCC(C)(CC(C)C(=O)N(C)C)C(=O)OCC1CO1. The number of ether oxygens (including phenoxy) is 4. The molecule has 1 heterocycles.